The normalized spacial score (nSPS) is 15.8. The van der Waals surface area contributed by atoms with Crippen LogP contribution >= 0.6 is 0 Å². The molecule has 1 heteroatoms. The second kappa shape index (κ2) is 6.75. The zero-order valence-corrected chi connectivity index (χ0v) is 12.1. The monoisotopic (exact) mass is 246 g/mol. The lowest BCUT2D eigenvalue weighted by Gasteiger charge is -2.28. The highest BCUT2D eigenvalue weighted by Crippen LogP contribution is 2.29. The van der Waals surface area contributed by atoms with E-state index in [-0.39, 0.29) is 0 Å². The predicted molar refractivity (Wildman–Crippen MR) is 79.4 cm³/mol. The van der Waals surface area contributed by atoms with Crippen LogP contribution in [0, 0.1) is 5.92 Å². The van der Waals surface area contributed by atoms with E-state index in [1.165, 1.54) is 0 Å². The molecule has 0 aromatic heterocycles. The molecule has 0 heterocycles. The lowest BCUT2D eigenvalue weighted by Crippen LogP contribution is -2.28. The minimum Gasteiger partial charge on any atom is -0.386 e. The van der Waals surface area contributed by atoms with E-state index in [9.17, 15) is 5.11 Å². The Balaban J connectivity index is 2.81. The van der Waals surface area contributed by atoms with Crippen molar-refractivity contribution in [3.63, 3.8) is 0 Å². The standard InChI is InChI=1S/C17H26O/c1-5-15(6-2)13-17(4,18)14(3)12-16-10-8-7-9-11-16/h7-12,15,18H,5-6,13H2,1-4H3/b14-12+/t17-/m1/s1. The maximum Gasteiger partial charge on any atom is 0.0831 e. The number of benzene rings is 1. The summed E-state index contributed by atoms with van der Waals surface area (Å²) >= 11 is 0. The minimum absolute atomic E-state index is 0.596. The van der Waals surface area contributed by atoms with Crippen LogP contribution in [-0.4, -0.2) is 10.7 Å². The van der Waals surface area contributed by atoms with E-state index >= 15 is 0 Å². The third kappa shape index (κ3) is 4.30. The van der Waals surface area contributed by atoms with Gasteiger partial charge in [-0.1, -0.05) is 63.1 Å². The van der Waals surface area contributed by atoms with Gasteiger partial charge in [-0.15, -0.1) is 0 Å². The quantitative estimate of drug-likeness (QED) is 0.773. The average molecular weight is 246 g/mol. The van der Waals surface area contributed by atoms with Crippen molar-refractivity contribution < 1.29 is 5.11 Å². The predicted octanol–water partition coefficient (Wildman–Crippen LogP) is 4.67. The van der Waals surface area contributed by atoms with Crippen LogP contribution in [0.3, 0.4) is 0 Å². The molecule has 1 rings (SSSR count). The molecule has 1 aromatic carbocycles. The van der Waals surface area contributed by atoms with Crippen molar-refractivity contribution in [3.05, 3.63) is 41.5 Å². The lowest BCUT2D eigenvalue weighted by atomic mass is 9.83. The van der Waals surface area contributed by atoms with Crippen LogP contribution in [-0.2, 0) is 0 Å². The molecule has 0 unspecified atom stereocenters. The Kier molecular flexibility index (Phi) is 5.61. The van der Waals surface area contributed by atoms with Gasteiger partial charge in [0.1, 0.15) is 0 Å². The van der Waals surface area contributed by atoms with E-state index in [4.69, 9.17) is 0 Å². The molecule has 0 radical (unpaired) electrons. The van der Waals surface area contributed by atoms with E-state index in [1.807, 2.05) is 32.0 Å². The van der Waals surface area contributed by atoms with E-state index in [0.29, 0.717) is 5.92 Å². The van der Waals surface area contributed by atoms with E-state index in [1.54, 1.807) is 0 Å². The zero-order chi connectivity index (χ0) is 13.6. The van der Waals surface area contributed by atoms with Gasteiger partial charge in [0.05, 0.1) is 5.60 Å². The van der Waals surface area contributed by atoms with Crippen molar-refractivity contribution >= 4 is 6.08 Å². The van der Waals surface area contributed by atoms with Gasteiger partial charge in [0.25, 0.3) is 0 Å². The Morgan fingerprint density at radius 3 is 2.28 bits per heavy atom. The summed E-state index contributed by atoms with van der Waals surface area (Å²) in [7, 11) is 0. The first-order valence-corrected chi connectivity index (χ1v) is 6.95. The largest absolute Gasteiger partial charge is 0.386 e. The zero-order valence-electron chi connectivity index (χ0n) is 12.1. The molecule has 1 aromatic rings. The van der Waals surface area contributed by atoms with Crippen molar-refractivity contribution in [3.8, 4) is 0 Å². The molecule has 1 atom stereocenters. The van der Waals surface area contributed by atoms with Crippen molar-refractivity contribution in [2.45, 2.75) is 52.6 Å². The smallest absolute Gasteiger partial charge is 0.0831 e. The van der Waals surface area contributed by atoms with Gasteiger partial charge in [0.2, 0.25) is 0 Å². The highest BCUT2D eigenvalue weighted by atomic mass is 16.3. The molecule has 0 fully saturated rings. The Labute approximate surface area is 112 Å². The summed E-state index contributed by atoms with van der Waals surface area (Å²) in [6.45, 7) is 8.34. The van der Waals surface area contributed by atoms with E-state index in [0.717, 1.165) is 30.4 Å². The molecular weight excluding hydrogens is 220 g/mol. The summed E-state index contributed by atoms with van der Waals surface area (Å²) in [4.78, 5) is 0. The molecule has 0 saturated carbocycles. The lowest BCUT2D eigenvalue weighted by molar-refractivity contribution is 0.0692. The Morgan fingerprint density at radius 1 is 1.22 bits per heavy atom. The fraction of sp³-hybridized carbons (Fsp3) is 0.529. The van der Waals surface area contributed by atoms with Crippen molar-refractivity contribution in [1.82, 2.24) is 0 Å². The summed E-state index contributed by atoms with van der Waals surface area (Å²) in [5, 5.41) is 10.6. The number of hydrogen-bond acceptors (Lipinski definition) is 1. The number of hydrogen-bond donors (Lipinski definition) is 1. The van der Waals surface area contributed by atoms with Gasteiger partial charge >= 0.3 is 0 Å². The summed E-state index contributed by atoms with van der Waals surface area (Å²) in [5.41, 5.74) is 1.49. The van der Waals surface area contributed by atoms with Crippen molar-refractivity contribution in [2.24, 2.45) is 5.92 Å². The molecule has 1 nitrogen and oxygen atoms in total. The molecule has 0 saturated heterocycles. The maximum atomic E-state index is 10.6. The second-order valence-electron chi connectivity index (χ2n) is 5.40. The molecule has 0 spiro atoms. The summed E-state index contributed by atoms with van der Waals surface area (Å²) in [6.07, 6.45) is 5.19. The third-order valence-corrected chi connectivity index (χ3v) is 3.87. The summed E-state index contributed by atoms with van der Waals surface area (Å²) in [5.74, 6) is 0.596. The van der Waals surface area contributed by atoms with Crippen LogP contribution in [0.5, 0.6) is 0 Å². The van der Waals surface area contributed by atoms with Crippen molar-refractivity contribution in [1.29, 1.82) is 0 Å². The van der Waals surface area contributed by atoms with Crippen LogP contribution in [0.15, 0.2) is 35.9 Å². The molecule has 0 aliphatic rings. The molecule has 1 N–H and O–H groups in total. The first-order chi connectivity index (χ1) is 8.49. The molecule has 18 heavy (non-hydrogen) atoms. The fourth-order valence-electron chi connectivity index (χ4n) is 2.26. The summed E-state index contributed by atoms with van der Waals surface area (Å²) in [6, 6.07) is 10.2. The van der Waals surface area contributed by atoms with Crippen LogP contribution < -0.4 is 0 Å². The van der Waals surface area contributed by atoms with Crippen LogP contribution in [0.1, 0.15) is 52.5 Å². The number of rotatable bonds is 6. The van der Waals surface area contributed by atoms with Gasteiger partial charge < -0.3 is 5.11 Å². The van der Waals surface area contributed by atoms with Crippen molar-refractivity contribution in [2.75, 3.05) is 0 Å². The Morgan fingerprint density at radius 2 is 1.78 bits per heavy atom. The van der Waals surface area contributed by atoms with Crippen LogP contribution in [0.25, 0.3) is 6.08 Å². The molecular formula is C17H26O. The fourth-order valence-corrected chi connectivity index (χ4v) is 2.26. The minimum atomic E-state index is -0.702. The Hall–Kier alpha value is -1.08. The van der Waals surface area contributed by atoms with Gasteiger partial charge in [0, 0.05) is 0 Å². The molecule has 0 aliphatic heterocycles. The van der Waals surface area contributed by atoms with Crippen LogP contribution in [0.2, 0.25) is 0 Å². The van der Waals surface area contributed by atoms with Gasteiger partial charge in [-0.05, 0) is 37.3 Å². The first kappa shape index (κ1) is 15.0. The van der Waals surface area contributed by atoms with Gasteiger partial charge in [-0.3, -0.25) is 0 Å². The van der Waals surface area contributed by atoms with Gasteiger partial charge in [-0.25, -0.2) is 0 Å². The molecule has 0 bridgehead atoms. The highest BCUT2D eigenvalue weighted by Gasteiger charge is 2.25. The highest BCUT2D eigenvalue weighted by molar-refractivity contribution is 5.54. The average Bonchev–Trinajstić information content (AvgIpc) is 2.37. The van der Waals surface area contributed by atoms with Crippen LogP contribution in [0.4, 0.5) is 0 Å². The molecule has 0 aliphatic carbocycles. The van der Waals surface area contributed by atoms with Gasteiger partial charge in [-0.2, -0.15) is 0 Å². The van der Waals surface area contributed by atoms with E-state index in [2.05, 4.69) is 32.1 Å². The maximum absolute atomic E-state index is 10.6. The molecule has 100 valence electrons. The number of aliphatic hydroxyl groups is 1. The SMILES string of the molecule is CCC(CC)C[C@@](C)(O)/C(C)=C/c1ccccc1. The Bertz CT molecular complexity index is 372. The summed E-state index contributed by atoms with van der Waals surface area (Å²) < 4.78 is 0. The van der Waals surface area contributed by atoms with E-state index < -0.39 is 5.60 Å². The molecule has 0 amide bonds. The third-order valence-electron chi connectivity index (χ3n) is 3.87. The second-order valence-corrected chi connectivity index (χ2v) is 5.40. The first-order valence-electron chi connectivity index (χ1n) is 6.95. The topological polar surface area (TPSA) is 20.2 Å². The van der Waals surface area contributed by atoms with Gasteiger partial charge in [0.15, 0.2) is 0 Å².